The lowest BCUT2D eigenvalue weighted by molar-refractivity contribution is -0.117. The lowest BCUT2D eigenvalue weighted by Crippen LogP contribution is -2.32. The summed E-state index contributed by atoms with van der Waals surface area (Å²) in [6.45, 7) is 4.37. The molecule has 0 fully saturated rings. The second-order valence-electron chi connectivity index (χ2n) is 6.53. The molecule has 0 aliphatic carbocycles. The summed E-state index contributed by atoms with van der Waals surface area (Å²) < 4.78 is 2.71. The molecule has 0 unspecified atom stereocenters. The molecule has 0 aliphatic heterocycles. The summed E-state index contributed by atoms with van der Waals surface area (Å²) in [5.41, 5.74) is 3.95. The molecule has 7 heteroatoms. The Balaban J connectivity index is 1.61. The Hall–Kier alpha value is -2.51. The Morgan fingerprint density at radius 1 is 1.26 bits per heavy atom. The highest BCUT2D eigenvalue weighted by Crippen LogP contribution is 2.22. The standard InChI is InChI=1S/C20H22BrN5O/c1-14-10-17(21)6-9-19(14)24-20(27)11-25(3)15(2)16-4-7-18(8-5-16)26-13-22-12-23-26/h4-10,12-13,15H,11H2,1-3H3,(H,24,27)/t15-/m1/s1. The molecule has 0 saturated heterocycles. The molecule has 140 valence electrons. The summed E-state index contributed by atoms with van der Waals surface area (Å²) >= 11 is 3.44. The van der Waals surface area contributed by atoms with E-state index < -0.39 is 0 Å². The van der Waals surface area contributed by atoms with E-state index in [1.807, 2.05) is 49.2 Å². The average Bonchev–Trinajstić information content (AvgIpc) is 3.18. The Kier molecular flexibility index (Phi) is 6.03. The van der Waals surface area contributed by atoms with Crippen LogP contribution in [0.25, 0.3) is 5.69 Å². The maximum atomic E-state index is 12.4. The van der Waals surface area contributed by atoms with Crippen LogP contribution in [0.1, 0.15) is 24.1 Å². The molecule has 0 saturated carbocycles. The molecule has 0 radical (unpaired) electrons. The molecular formula is C20H22BrN5O. The number of hydrogen-bond donors (Lipinski definition) is 1. The number of anilines is 1. The minimum absolute atomic E-state index is 0.0333. The quantitative estimate of drug-likeness (QED) is 0.646. The molecule has 1 heterocycles. The van der Waals surface area contributed by atoms with Gasteiger partial charge in [-0.25, -0.2) is 9.67 Å². The Morgan fingerprint density at radius 3 is 2.63 bits per heavy atom. The maximum absolute atomic E-state index is 12.4. The van der Waals surface area contributed by atoms with Crippen molar-refractivity contribution in [2.45, 2.75) is 19.9 Å². The first-order valence-corrected chi connectivity index (χ1v) is 9.44. The summed E-state index contributed by atoms with van der Waals surface area (Å²) in [7, 11) is 1.95. The van der Waals surface area contributed by atoms with E-state index in [1.54, 1.807) is 11.0 Å². The largest absolute Gasteiger partial charge is 0.325 e. The fourth-order valence-corrected chi connectivity index (χ4v) is 3.30. The fourth-order valence-electron chi connectivity index (χ4n) is 2.82. The average molecular weight is 428 g/mol. The van der Waals surface area contributed by atoms with Crippen molar-refractivity contribution in [2.24, 2.45) is 0 Å². The van der Waals surface area contributed by atoms with Gasteiger partial charge >= 0.3 is 0 Å². The van der Waals surface area contributed by atoms with Gasteiger partial charge in [0.05, 0.1) is 12.2 Å². The first-order chi connectivity index (χ1) is 12.9. The third kappa shape index (κ3) is 4.81. The maximum Gasteiger partial charge on any atom is 0.238 e. The number of likely N-dealkylation sites (N-methyl/N-ethyl adjacent to an activating group) is 1. The Labute approximate surface area is 167 Å². The van der Waals surface area contributed by atoms with E-state index in [-0.39, 0.29) is 11.9 Å². The number of hydrogen-bond acceptors (Lipinski definition) is 4. The molecule has 2 aromatic carbocycles. The zero-order valence-electron chi connectivity index (χ0n) is 15.6. The third-order valence-corrected chi connectivity index (χ3v) is 5.07. The van der Waals surface area contributed by atoms with Gasteiger partial charge in [-0.3, -0.25) is 9.69 Å². The van der Waals surface area contributed by atoms with Crippen molar-refractivity contribution in [3.05, 3.63) is 70.7 Å². The second-order valence-corrected chi connectivity index (χ2v) is 7.45. The topological polar surface area (TPSA) is 63.1 Å². The van der Waals surface area contributed by atoms with Crippen LogP contribution in [0.15, 0.2) is 59.6 Å². The lowest BCUT2D eigenvalue weighted by Gasteiger charge is -2.25. The van der Waals surface area contributed by atoms with Gasteiger partial charge in [0.1, 0.15) is 12.7 Å². The highest BCUT2D eigenvalue weighted by Gasteiger charge is 2.15. The number of amides is 1. The minimum Gasteiger partial charge on any atom is -0.325 e. The van der Waals surface area contributed by atoms with Crippen molar-refractivity contribution >= 4 is 27.5 Å². The van der Waals surface area contributed by atoms with Crippen molar-refractivity contribution in [2.75, 3.05) is 18.9 Å². The molecule has 1 N–H and O–H groups in total. The van der Waals surface area contributed by atoms with Crippen molar-refractivity contribution in [1.82, 2.24) is 19.7 Å². The third-order valence-electron chi connectivity index (χ3n) is 4.58. The summed E-state index contributed by atoms with van der Waals surface area (Å²) in [6, 6.07) is 14.0. The van der Waals surface area contributed by atoms with Crippen LogP contribution in [-0.4, -0.2) is 39.2 Å². The number of carbonyl (C=O) groups excluding carboxylic acids is 1. The van der Waals surface area contributed by atoms with E-state index in [2.05, 4.69) is 50.4 Å². The molecular weight excluding hydrogens is 406 g/mol. The van der Waals surface area contributed by atoms with Gasteiger partial charge in [-0.1, -0.05) is 28.1 Å². The molecule has 0 bridgehead atoms. The van der Waals surface area contributed by atoms with E-state index in [0.29, 0.717) is 6.54 Å². The van der Waals surface area contributed by atoms with Crippen LogP contribution >= 0.6 is 15.9 Å². The van der Waals surface area contributed by atoms with E-state index in [9.17, 15) is 4.79 Å². The lowest BCUT2D eigenvalue weighted by atomic mass is 10.1. The van der Waals surface area contributed by atoms with Gasteiger partial charge in [-0.05, 0) is 62.4 Å². The van der Waals surface area contributed by atoms with E-state index >= 15 is 0 Å². The van der Waals surface area contributed by atoms with Crippen LogP contribution in [0, 0.1) is 6.92 Å². The molecule has 0 spiro atoms. The van der Waals surface area contributed by atoms with Crippen LogP contribution in [0.2, 0.25) is 0 Å². The summed E-state index contributed by atoms with van der Waals surface area (Å²) in [5.74, 6) is -0.0333. The van der Waals surface area contributed by atoms with E-state index in [0.717, 1.165) is 27.0 Å². The highest BCUT2D eigenvalue weighted by molar-refractivity contribution is 9.10. The molecule has 6 nitrogen and oxygen atoms in total. The SMILES string of the molecule is Cc1cc(Br)ccc1NC(=O)CN(C)[C@H](C)c1ccc(-n2cncn2)cc1. The van der Waals surface area contributed by atoms with Crippen LogP contribution in [0.4, 0.5) is 5.69 Å². The smallest absolute Gasteiger partial charge is 0.238 e. The number of halogens is 1. The van der Waals surface area contributed by atoms with E-state index in [1.165, 1.54) is 6.33 Å². The van der Waals surface area contributed by atoms with Gasteiger partial charge in [0.15, 0.2) is 0 Å². The first kappa shape index (κ1) is 19.3. The number of carbonyl (C=O) groups is 1. The first-order valence-electron chi connectivity index (χ1n) is 8.65. The molecule has 3 rings (SSSR count). The number of aryl methyl sites for hydroxylation is 1. The number of rotatable bonds is 6. The molecule has 1 aromatic heterocycles. The van der Waals surface area contributed by atoms with Gasteiger partial charge in [0.25, 0.3) is 0 Å². The number of aromatic nitrogens is 3. The van der Waals surface area contributed by atoms with Crippen LogP contribution in [0.5, 0.6) is 0 Å². The monoisotopic (exact) mass is 427 g/mol. The van der Waals surface area contributed by atoms with Crippen molar-refractivity contribution in [3.63, 3.8) is 0 Å². The molecule has 1 amide bonds. The zero-order chi connectivity index (χ0) is 19.4. The Bertz CT molecular complexity index is 909. The van der Waals surface area contributed by atoms with Crippen molar-refractivity contribution in [1.29, 1.82) is 0 Å². The molecule has 1 atom stereocenters. The summed E-state index contributed by atoms with van der Waals surface area (Å²) in [6.07, 6.45) is 3.18. The number of nitrogens with zero attached hydrogens (tertiary/aromatic N) is 4. The molecule has 0 aliphatic rings. The molecule has 3 aromatic rings. The van der Waals surface area contributed by atoms with Crippen molar-refractivity contribution < 1.29 is 4.79 Å². The van der Waals surface area contributed by atoms with E-state index in [4.69, 9.17) is 0 Å². The minimum atomic E-state index is -0.0333. The number of benzene rings is 2. The highest BCUT2D eigenvalue weighted by atomic mass is 79.9. The predicted octanol–water partition coefficient (Wildman–Crippen LogP) is 3.97. The van der Waals surface area contributed by atoms with Crippen LogP contribution in [0.3, 0.4) is 0 Å². The van der Waals surface area contributed by atoms with Gasteiger partial charge in [-0.15, -0.1) is 0 Å². The zero-order valence-corrected chi connectivity index (χ0v) is 17.1. The van der Waals surface area contributed by atoms with Crippen molar-refractivity contribution in [3.8, 4) is 5.69 Å². The van der Waals surface area contributed by atoms with Gasteiger partial charge < -0.3 is 5.32 Å². The summed E-state index contributed by atoms with van der Waals surface area (Å²) in [5, 5.41) is 7.11. The van der Waals surface area contributed by atoms with Gasteiger partial charge in [-0.2, -0.15) is 5.10 Å². The Morgan fingerprint density at radius 2 is 2.00 bits per heavy atom. The normalized spacial score (nSPS) is 12.2. The van der Waals surface area contributed by atoms with Gasteiger partial charge in [0, 0.05) is 16.2 Å². The number of nitrogens with one attached hydrogen (secondary N) is 1. The van der Waals surface area contributed by atoms with Gasteiger partial charge in [0.2, 0.25) is 5.91 Å². The summed E-state index contributed by atoms with van der Waals surface area (Å²) in [4.78, 5) is 18.4. The molecule has 27 heavy (non-hydrogen) atoms. The van der Waals surface area contributed by atoms with Crippen LogP contribution < -0.4 is 5.32 Å². The fraction of sp³-hybridized carbons (Fsp3) is 0.250. The van der Waals surface area contributed by atoms with Crippen LogP contribution in [-0.2, 0) is 4.79 Å². The second kappa shape index (κ2) is 8.45. The predicted molar refractivity (Wildman–Crippen MR) is 110 cm³/mol.